The minimum atomic E-state index is -0.0771. The molecule has 1 aliphatic rings. The van der Waals surface area contributed by atoms with Crippen LogP contribution in [0, 0.1) is 0 Å². The number of carbonyl (C=O) groups is 1. The molecule has 0 unspecified atom stereocenters. The van der Waals surface area contributed by atoms with Gasteiger partial charge < -0.3 is 15.0 Å². The van der Waals surface area contributed by atoms with E-state index in [2.05, 4.69) is 58.7 Å². The molecule has 0 saturated carbocycles. The van der Waals surface area contributed by atoms with Gasteiger partial charge in [0, 0.05) is 37.9 Å². The smallest absolute Gasteiger partial charge is 0.321 e. The first kappa shape index (κ1) is 21.7. The van der Waals surface area contributed by atoms with Crippen LogP contribution in [0.25, 0.3) is 6.08 Å². The van der Waals surface area contributed by atoms with Gasteiger partial charge >= 0.3 is 6.03 Å². The topological polar surface area (TPSA) is 44.8 Å². The molecule has 1 heterocycles. The van der Waals surface area contributed by atoms with Crippen molar-refractivity contribution in [3.63, 3.8) is 0 Å². The van der Waals surface area contributed by atoms with Crippen LogP contribution in [-0.2, 0) is 0 Å². The van der Waals surface area contributed by atoms with Crippen LogP contribution in [0.5, 0.6) is 5.75 Å². The molecule has 1 aliphatic heterocycles. The van der Waals surface area contributed by atoms with Crippen LogP contribution in [-0.4, -0.2) is 49.1 Å². The van der Waals surface area contributed by atoms with Crippen molar-refractivity contribution >= 4 is 12.1 Å². The van der Waals surface area contributed by atoms with Crippen LogP contribution in [0.3, 0.4) is 0 Å². The number of hydrogen-bond acceptors (Lipinski definition) is 3. The first-order valence-corrected chi connectivity index (χ1v) is 10.9. The summed E-state index contributed by atoms with van der Waals surface area (Å²) in [6.45, 7) is 3.01. The number of carbonyl (C=O) groups excluding carboxylic acids is 1. The van der Waals surface area contributed by atoms with E-state index in [0.29, 0.717) is 13.1 Å². The van der Waals surface area contributed by atoms with E-state index in [1.807, 2.05) is 47.4 Å². The SMILES string of the molecule is COc1ccccc1/C=C/NC(=O)N1CCN(C(c2ccccc2)c2ccccc2)CC1. The first-order chi connectivity index (χ1) is 15.8. The fourth-order valence-corrected chi connectivity index (χ4v) is 4.17. The van der Waals surface area contributed by atoms with Gasteiger partial charge in [-0.1, -0.05) is 78.9 Å². The number of methoxy groups -OCH3 is 1. The molecule has 1 saturated heterocycles. The summed E-state index contributed by atoms with van der Waals surface area (Å²) in [6.07, 6.45) is 3.54. The number of nitrogens with one attached hydrogen (secondary N) is 1. The number of hydrogen-bond donors (Lipinski definition) is 1. The second-order valence-electron chi connectivity index (χ2n) is 7.77. The summed E-state index contributed by atoms with van der Waals surface area (Å²) in [6, 6.07) is 29.0. The largest absolute Gasteiger partial charge is 0.496 e. The van der Waals surface area contributed by atoms with Crippen LogP contribution < -0.4 is 10.1 Å². The molecule has 2 amide bonds. The number of nitrogens with zero attached hydrogens (tertiary/aromatic N) is 2. The molecule has 5 heteroatoms. The predicted molar refractivity (Wildman–Crippen MR) is 128 cm³/mol. The summed E-state index contributed by atoms with van der Waals surface area (Å²) in [4.78, 5) is 17.0. The highest BCUT2D eigenvalue weighted by molar-refractivity contribution is 5.76. The van der Waals surface area contributed by atoms with Crippen LogP contribution in [0.2, 0.25) is 0 Å². The molecule has 3 aromatic rings. The molecular formula is C27H29N3O2. The van der Waals surface area contributed by atoms with E-state index in [0.717, 1.165) is 24.4 Å². The third-order valence-electron chi connectivity index (χ3n) is 5.81. The number of piperazine rings is 1. The molecule has 0 aromatic heterocycles. The van der Waals surface area contributed by atoms with E-state index in [1.54, 1.807) is 13.3 Å². The van der Waals surface area contributed by atoms with E-state index in [1.165, 1.54) is 11.1 Å². The van der Waals surface area contributed by atoms with Gasteiger partial charge in [0.05, 0.1) is 13.2 Å². The second-order valence-corrected chi connectivity index (χ2v) is 7.77. The zero-order chi connectivity index (χ0) is 22.2. The first-order valence-electron chi connectivity index (χ1n) is 10.9. The highest BCUT2D eigenvalue weighted by Crippen LogP contribution is 2.29. The summed E-state index contributed by atoms with van der Waals surface area (Å²) in [5, 5.41) is 2.89. The molecule has 0 radical (unpaired) electrons. The van der Waals surface area contributed by atoms with Gasteiger partial charge in [-0.25, -0.2) is 4.79 Å². The average Bonchev–Trinajstić information content (AvgIpc) is 2.86. The Balaban J connectivity index is 1.38. The Morgan fingerprint density at radius 2 is 1.41 bits per heavy atom. The number of rotatable bonds is 6. The zero-order valence-electron chi connectivity index (χ0n) is 18.4. The Labute approximate surface area is 189 Å². The van der Waals surface area contributed by atoms with E-state index in [9.17, 15) is 4.79 Å². The average molecular weight is 428 g/mol. The van der Waals surface area contributed by atoms with Gasteiger partial charge in [0.2, 0.25) is 0 Å². The summed E-state index contributed by atoms with van der Waals surface area (Å²) in [5.74, 6) is 0.777. The lowest BCUT2D eigenvalue weighted by Gasteiger charge is -2.39. The lowest BCUT2D eigenvalue weighted by atomic mass is 9.96. The number of benzene rings is 3. The second kappa shape index (κ2) is 10.6. The molecule has 0 aliphatic carbocycles. The van der Waals surface area contributed by atoms with E-state index >= 15 is 0 Å². The van der Waals surface area contributed by atoms with Gasteiger partial charge in [-0.05, 0) is 23.3 Å². The highest BCUT2D eigenvalue weighted by atomic mass is 16.5. The minimum Gasteiger partial charge on any atom is -0.496 e. The van der Waals surface area contributed by atoms with Crippen molar-refractivity contribution in [2.24, 2.45) is 0 Å². The fraction of sp³-hybridized carbons (Fsp3) is 0.222. The third kappa shape index (κ3) is 5.18. The normalized spacial score (nSPS) is 14.6. The molecular weight excluding hydrogens is 398 g/mol. The van der Waals surface area contributed by atoms with Crippen LogP contribution in [0.15, 0.2) is 91.1 Å². The Morgan fingerprint density at radius 3 is 2.00 bits per heavy atom. The van der Waals surface area contributed by atoms with Crippen LogP contribution in [0.4, 0.5) is 4.79 Å². The van der Waals surface area contributed by atoms with Crippen LogP contribution in [0.1, 0.15) is 22.7 Å². The maximum Gasteiger partial charge on any atom is 0.321 e. The standard InChI is InChI=1S/C27H29N3O2/c1-32-25-15-9-8-10-22(25)16-17-28-27(31)30-20-18-29(19-21-30)26(23-11-4-2-5-12-23)24-13-6-3-7-14-24/h2-17,26H,18-21H2,1H3,(H,28,31)/b17-16+. The lowest BCUT2D eigenvalue weighted by molar-refractivity contribution is 0.122. The number of ether oxygens (including phenoxy) is 1. The quantitative estimate of drug-likeness (QED) is 0.616. The lowest BCUT2D eigenvalue weighted by Crippen LogP contribution is -2.51. The zero-order valence-corrected chi connectivity index (χ0v) is 18.4. The number of para-hydroxylation sites is 1. The van der Waals surface area contributed by atoms with Crippen LogP contribution >= 0.6 is 0 Å². The summed E-state index contributed by atoms with van der Waals surface area (Å²) < 4.78 is 5.35. The Hall–Kier alpha value is -3.57. The van der Waals surface area contributed by atoms with E-state index in [-0.39, 0.29) is 12.1 Å². The fourth-order valence-electron chi connectivity index (χ4n) is 4.17. The van der Waals surface area contributed by atoms with Gasteiger partial charge in [-0.15, -0.1) is 0 Å². The Morgan fingerprint density at radius 1 is 0.844 bits per heavy atom. The van der Waals surface area contributed by atoms with Crippen molar-refractivity contribution in [1.29, 1.82) is 0 Å². The van der Waals surface area contributed by atoms with Crippen molar-refractivity contribution in [3.8, 4) is 5.75 Å². The molecule has 0 atom stereocenters. The summed E-state index contributed by atoms with van der Waals surface area (Å²) in [5.41, 5.74) is 3.47. The molecule has 4 rings (SSSR count). The van der Waals surface area contributed by atoms with Crippen molar-refractivity contribution in [2.75, 3.05) is 33.3 Å². The highest BCUT2D eigenvalue weighted by Gasteiger charge is 2.27. The molecule has 32 heavy (non-hydrogen) atoms. The number of urea groups is 1. The summed E-state index contributed by atoms with van der Waals surface area (Å²) in [7, 11) is 1.64. The van der Waals surface area contributed by atoms with Crippen molar-refractivity contribution < 1.29 is 9.53 Å². The maximum atomic E-state index is 12.7. The molecule has 1 N–H and O–H groups in total. The molecule has 3 aromatic carbocycles. The third-order valence-corrected chi connectivity index (χ3v) is 5.81. The molecule has 164 valence electrons. The number of amides is 2. The van der Waals surface area contributed by atoms with Gasteiger partial charge in [-0.3, -0.25) is 4.90 Å². The summed E-state index contributed by atoms with van der Waals surface area (Å²) >= 11 is 0. The Kier molecular flexibility index (Phi) is 7.20. The van der Waals surface area contributed by atoms with Gasteiger partial charge in [0.1, 0.15) is 5.75 Å². The molecule has 5 nitrogen and oxygen atoms in total. The van der Waals surface area contributed by atoms with Crippen molar-refractivity contribution in [1.82, 2.24) is 15.1 Å². The molecule has 1 fully saturated rings. The van der Waals surface area contributed by atoms with Crippen molar-refractivity contribution in [2.45, 2.75) is 6.04 Å². The van der Waals surface area contributed by atoms with E-state index < -0.39 is 0 Å². The minimum absolute atomic E-state index is 0.0771. The monoisotopic (exact) mass is 427 g/mol. The molecule has 0 bridgehead atoms. The predicted octanol–water partition coefficient (Wildman–Crippen LogP) is 4.78. The van der Waals surface area contributed by atoms with Crippen molar-refractivity contribution in [3.05, 3.63) is 108 Å². The Bertz CT molecular complexity index is 990. The van der Waals surface area contributed by atoms with E-state index in [4.69, 9.17) is 4.74 Å². The maximum absolute atomic E-state index is 12.7. The van der Waals surface area contributed by atoms with Gasteiger partial charge in [0.15, 0.2) is 0 Å². The van der Waals surface area contributed by atoms with Gasteiger partial charge in [0.25, 0.3) is 0 Å². The van der Waals surface area contributed by atoms with Gasteiger partial charge in [-0.2, -0.15) is 0 Å². The molecule has 0 spiro atoms.